The van der Waals surface area contributed by atoms with E-state index in [1.807, 2.05) is 0 Å². The lowest BCUT2D eigenvalue weighted by molar-refractivity contribution is -0.120. The van der Waals surface area contributed by atoms with Crippen LogP contribution in [-0.2, 0) is 11.2 Å². The van der Waals surface area contributed by atoms with Crippen molar-refractivity contribution in [2.75, 3.05) is 13.1 Å². The van der Waals surface area contributed by atoms with Crippen molar-refractivity contribution in [2.24, 2.45) is 10.4 Å². The van der Waals surface area contributed by atoms with Gasteiger partial charge in [0.25, 0.3) is 0 Å². The highest BCUT2D eigenvalue weighted by Gasteiger charge is 2.32. The van der Waals surface area contributed by atoms with E-state index < -0.39 is 0 Å². The molecule has 2 saturated carbocycles. The molecule has 156 valence electrons. The number of aliphatic imine (C=N–C) groups is 1. The summed E-state index contributed by atoms with van der Waals surface area (Å²) in [5.74, 6) is 0.319. The third-order valence-electron chi connectivity index (χ3n) is 6.60. The van der Waals surface area contributed by atoms with Crippen molar-refractivity contribution in [3.05, 3.63) is 35.4 Å². The quantitative estimate of drug-likeness (QED) is 0.737. The molecule has 3 aliphatic rings. The average molecular weight is 412 g/mol. The van der Waals surface area contributed by atoms with Crippen molar-refractivity contribution in [1.29, 1.82) is 0 Å². The van der Waals surface area contributed by atoms with Crippen LogP contribution in [0.25, 0.3) is 0 Å². The number of ketones is 1. The van der Waals surface area contributed by atoms with Crippen LogP contribution < -0.4 is 5.32 Å². The zero-order valence-electron chi connectivity index (χ0n) is 17.7. The molecular weight excluding hydrogens is 378 g/mol. The molecule has 0 spiro atoms. The highest BCUT2D eigenvalue weighted by Crippen LogP contribution is 2.34. The fraction of sp³-hybridized carbons (Fsp3) is 0.625. The van der Waals surface area contributed by atoms with Crippen LogP contribution in [-0.4, -0.2) is 40.6 Å². The van der Waals surface area contributed by atoms with Gasteiger partial charge in [-0.2, -0.15) is 0 Å². The molecule has 1 N–H and O–H groups in total. The van der Waals surface area contributed by atoms with Crippen molar-refractivity contribution in [1.82, 2.24) is 10.2 Å². The van der Waals surface area contributed by atoms with Crippen molar-refractivity contribution >= 4 is 28.8 Å². The first-order valence-corrected chi connectivity index (χ1v) is 11.5. The van der Waals surface area contributed by atoms with E-state index in [1.54, 1.807) is 0 Å². The molecule has 0 aromatic heterocycles. The normalized spacial score (nSPS) is 25.9. The van der Waals surface area contributed by atoms with E-state index in [1.165, 1.54) is 36.8 Å². The molecule has 2 fully saturated rings. The minimum absolute atomic E-state index is 0.0255. The Labute approximate surface area is 180 Å². The van der Waals surface area contributed by atoms with Gasteiger partial charge < -0.3 is 10.2 Å². The molecule has 1 atom stereocenters. The number of rotatable bonds is 3. The van der Waals surface area contributed by atoms with Gasteiger partial charge in [0, 0.05) is 31.1 Å². The monoisotopic (exact) mass is 411 g/mol. The van der Waals surface area contributed by atoms with Crippen molar-refractivity contribution in [2.45, 2.75) is 77.3 Å². The summed E-state index contributed by atoms with van der Waals surface area (Å²) in [6, 6.07) is 9.35. The van der Waals surface area contributed by atoms with Crippen LogP contribution in [0, 0.1) is 5.41 Å². The Morgan fingerprint density at radius 1 is 1.24 bits per heavy atom. The lowest BCUT2D eigenvalue weighted by atomic mass is 9.76. The number of nitrogens with zero attached hydrogens (tertiary/aromatic N) is 2. The van der Waals surface area contributed by atoms with Gasteiger partial charge in [-0.25, -0.2) is 0 Å². The van der Waals surface area contributed by atoms with Crippen LogP contribution in [0.1, 0.15) is 76.0 Å². The summed E-state index contributed by atoms with van der Waals surface area (Å²) in [5, 5.41) is 4.49. The zero-order chi connectivity index (χ0) is 20.4. The van der Waals surface area contributed by atoms with Gasteiger partial charge in [0.2, 0.25) is 0 Å². The molecule has 1 unspecified atom stereocenters. The Morgan fingerprint density at radius 2 is 2.00 bits per heavy atom. The molecule has 0 saturated heterocycles. The summed E-state index contributed by atoms with van der Waals surface area (Å²) in [6.07, 6.45) is 8.14. The summed E-state index contributed by atoms with van der Waals surface area (Å²) in [4.78, 5) is 19.5. The first-order chi connectivity index (χ1) is 13.9. The van der Waals surface area contributed by atoms with Gasteiger partial charge in [-0.3, -0.25) is 9.79 Å². The third-order valence-corrected chi connectivity index (χ3v) is 6.96. The summed E-state index contributed by atoms with van der Waals surface area (Å²) in [6.45, 7) is 5.93. The van der Waals surface area contributed by atoms with Crippen LogP contribution in [0.3, 0.4) is 0 Å². The van der Waals surface area contributed by atoms with E-state index in [2.05, 4.69) is 48.3 Å². The standard InChI is InChI=1S/C24H33N3OS/c1-24(2)14-19(13-20(28)15-24)25-16-22-21-10-6-3-7-17(21)11-12-27(22)23(29)26-18-8-4-5-9-18/h3,6-7,10,18,22H,4-5,8-9,11-16H2,1-2H3,(H,26,29). The van der Waals surface area contributed by atoms with Crippen molar-refractivity contribution in [3.63, 3.8) is 0 Å². The van der Waals surface area contributed by atoms with Crippen LogP contribution in [0.4, 0.5) is 0 Å². The minimum atomic E-state index is 0.0255. The molecule has 4 rings (SSSR count). The molecule has 29 heavy (non-hydrogen) atoms. The van der Waals surface area contributed by atoms with E-state index in [-0.39, 0.29) is 11.5 Å². The smallest absolute Gasteiger partial charge is 0.169 e. The number of carbonyl (C=O) groups is 1. The fourth-order valence-electron chi connectivity index (χ4n) is 5.25. The van der Waals surface area contributed by atoms with E-state index in [9.17, 15) is 4.79 Å². The Kier molecular flexibility index (Phi) is 6.05. The second-order valence-electron chi connectivity index (χ2n) is 9.73. The van der Waals surface area contributed by atoms with Gasteiger partial charge >= 0.3 is 0 Å². The second-order valence-corrected chi connectivity index (χ2v) is 10.1. The number of benzene rings is 1. The molecule has 0 radical (unpaired) electrons. The first kappa shape index (κ1) is 20.5. The summed E-state index contributed by atoms with van der Waals surface area (Å²) < 4.78 is 0. The SMILES string of the molecule is CC1(C)CC(=O)CC(=NCC2c3ccccc3CCN2C(=S)NC2CCCC2)C1. The van der Waals surface area contributed by atoms with Gasteiger partial charge in [0.05, 0.1) is 12.6 Å². The Bertz CT molecular complexity index is 810. The Balaban J connectivity index is 1.55. The predicted octanol–water partition coefficient (Wildman–Crippen LogP) is 4.62. The van der Waals surface area contributed by atoms with Gasteiger partial charge in [0.1, 0.15) is 5.78 Å². The largest absolute Gasteiger partial charge is 0.360 e. The Morgan fingerprint density at radius 3 is 2.76 bits per heavy atom. The van der Waals surface area contributed by atoms with Gasteiger partial charge in [-0.15, -0.1) is 0 Å². The molecule has 0 amide bonds. The number of fused-ring (bicyclic) bond motifs is 1. The maximum absolute atomic E-state index is 12.2. The van der Waals surface area contributed by atoms with E-state index in [0.29, 0.717) is 31.2 Å². The number of hydrogen-bond donors (Lipinski definition) is 1. The molecule has 1 aromatic carbocycles. The molecule has 2 aliphatic carbocycles. The zero-order valence-corrected chi connectivity index (χ0v) is 18.6. The van der Waals surface area contributed by atoms with Crippen molar-refractivity contribution in [3.8, 4) is 0 Å². The van der Waals surface area contributed by atoms with Gasteiger partial charge in [-0.05, 0) is 54.4 Å². The lowest BCUT2D eigenvalue weighted by Crippen LogP contribution is -2.49. The summed E-state index contributed by atoms with van der Waals surface area (Å²) in [7, 11) is 0. The first-order valence-electron chi connectivity index (χ1n) is 11.1. The number of thiocarbonyl (C=S) groups is 1. The Hall–Kier alpha value is -1.75. The van der Waals surface area contributed by atoms with Crippen molar-refractivity contribution < 1.29 is 4.79 Å². The highest BCUT2D eigenvalue weighted by molar-refractivity contribution is 7.80. The molecule has 0 bridgehead atoms. The van der Waals surface area contributed by atoms with Crippen LogP contribution in [0.2, 0.25) is 0 Å². The third kappa shape index (κ3) is 4.88. The topological polar surface area (TPSA) is 44.7 Å². The molecule has 5 heteroatoms. The molecule has 1 heterocycles. The number of hydrogen-bond acceptors (Lipinski definition) is 3. The second kappa shape index (κ2) is 8.55. The predicted molar refractivity (Wildman–Crippen MR) is 123 cm³/mol. The van der Waals surface area contributed by atoms with Gasteiger partial charge in [0.15, 0.2) is 5.11 Å². The fourth-order valence-corrected chi connectivity index (χ4v) is 5.63. The molecular formula is C24H33N3OS. The van der Waals surface area contributed by atoms with Gasteiger partial charge in [-0.1, -0.05) is 51.0 Å². The molecule has 4 nitrogen and oxygen atoms in total. The maximum Gasteiger partial charge on any atom is 0.169 e. The highest BCUT2D eigenvalue weighted by atomic mass is 32.1. The minimum Gasteiger partial charge on any atom is -0.360 e. The summed E-state index contributed by atoms with van der Waals surface area (Å²) >= 11 is 5.85. The number of nitrogens with one attached hydrogen (secondary N) is 1. The lowest BCUT2D eigenvalue weighted by Gasteiger charge is -2.39. The van der Waals surface area contributed by atoms with E-state index in [4.69, 9.17) is 17.2 Å². The van der Waals surface area contributed by atoms with Crippen LogP contribution in [0.5, 0.6) is 0 Å². The number of carbonyl (C=O) groups excluding carboxylic acids is 1. The summed E-state index contributed by atoms with van der Waals surface area (Å²) in [5.41, 5.74) is 3.82. The molecule has 1 aliphatic heterocycles. The molecule has 1 aromatic rings. The van der Waals surface area contributed by atoms with E-state index >= 15 is 0 Å². The average Bonchev–Trinajstić information content (AvgIpc) is 3.17. The van der Waals surface area contributed by atoms with Crippen LogP contribution >= 0.6 is 12.2 Å². The number of Topliss-reactive ketones (excluding diaryl/α,β-unsaturated/α-hetero) is 1. The van der Waals surface area contributed by atoms with Crippen LogP contribution in [0.15, 0.2) is 29.3 Å². The maximum atomic E-state index is 12.2. The van der Waals surface area contributed by atoms with E-state index in [0.717, 1.165) is 30.2 Å².